The van der Waals surface area contributed by atoms with E-state index >= 15 is 0 Å². The Balaban J connectivity index is 2.14. The summed E-state index contributed by atoms with van der Waals surface area (Å²) in [6, 6.07) is 0. The molecule has 1 aliphatic heterocycles. The van der Waals surface area contributed by atoms with Crippen LogP contribution in [-0.4, -0.2) is 19.7 Å². The molecule has 0 spiro atoms. The molecule has 5 heteroatoms. The van der Waals surface area contributed by atoms with Crippen molar-refractivity contribution in [3.8, 4) is 11.4 Å². The number of nitrogens with zero attached hydrogens (tertiary/aromatic N) is 4. The van der Waals surface area contributed by atoms with Crippen LogP contribution in [0.1, 0.15) is 36.7 Å². The maximum Gasteiger partial charge on any atom is 0.162 e. The smallest absolute Gasteiger partial charge is 0.162 e. The predicted molar refractivity (Wildman–Crippen MR) is 68.9 cm³/mol. The number of hydrogen-bond acceptors (Lipinski definition) is 4. The van der Waals surface area contributed by atoms with Crippen molar-refractivity contribution in [3.05, 3.63) is 29.3 Å². The fraction of sp³-hybridized carbons (Fsp3) is 0.462. The van der Waals surface area contributed by atoms with Crippen molar-refractivity contribution in [2.24, 2.45) is 7.05 Å². The Morgan fingerprint density at radius 2 is 2.11 bits per heavy atom. The minimum absolute atomic E-state index is 0.414. The Labute approximate surface area is 106 Å². The zero-order valence-electron chi connectivity index (χ0n) is 10.9. The molecule has 1 aliphatic rings. The highest BCUT2D eigenvalue weighted by Gasteiger charge is 2.21. The fourth-order valence-electron chi connectivity index (χ4n) is 2.34. The van der Waals surface area contributed by atoms with Crippen LogP contribution in [0.2, 0.25) is 0 Å². The summed E-state index contributed by atoms with van der Waals surface area (Å²) in [4.78, 5) is 9.38. The normalized spacial score (nSPS) is 14.2. The second-order valence-electron chi connectivity index (χ2n) is 5.02. The van der Waals surface area contributed by atoms with E-state index in [9.17, 15) is 0 Å². The van der Waals surface area contributed by atoms with Crippen LogP contribution in [0.25, 0.3) is 11.4 Å². The van der Waals surface area contributed by atoms with Crippen molar-refractivity contribution in [2.45, 2.75) is 32.9 Å². The van der Waals surface area contributed by atoms with Crippen LogP contribution in [0.3, 0.4) is 0 Å². The lowest BCUT2D eigenvalue weighted by atomic mass is 10.0. The number of aryl methyl sites for hydroxylation is 1. The van der Waals surface area contributed by atoms with Gasteiger partial charge < -0.3 is 5.32 Å². The maximum absolute atomic E-state index is 4.72. The van der Waals surface area contributed by atoms with E-state index in [4.69, 9.17) is 4.98 Å². The molecule has 0 aliphatic carbocycles. The summed E-state index contributed by atoms with van der Waals surface area (Å²) in [6.07, 6.45) is 3.77. The van der Waals surface area contributed by atoms with E-state index in [-0.39, 0.29) is 0 Å². The largest absolute Gasteiger partial charge is 0.307 e. The van der Waals surface area contributed by atoms with Gasteiger partial charge in [0.25, 0.3) is 0 Å². The van der Waals surface area contributed by atoms with E-state index in [0.29, 0.717) is 5.92 Å². The van der Waals surface area contributed by atoms with Crippen molar-refractivity contribution in [2.75, 3.05) is 0 Å². The minimum atomic E-state index is 0.414. The summed E-state index contributed by atoms with van der Waals surface area (Å²) in [7, 11) is 1.90. The molecule has 0 amide bonds. The van der Waals surface area contributed by atoms with Crippen LogP contribution < -0.4 is 5.32 Å². The first kappa shape index (κ1) is 11.3. The number of aromatic nitrogens is 4. The van der Waals surface area contributed by atoms with Crippen LogP contribution in [0.4, 0.5) is 0 Å². The molecule has 3 heterocycles. The Morgan fingerprint density at radius 3 is 2.78 bits per heavy atom. The van der Waals surface area contributed by atoms with Gasteiger partial charge in [0.15, 0.2) is 5.82 Å². The third-order valence-corrected chi connectivity index (χ3v) is 3.23. The van der Waals surface area contributed by atoms with Gasteiger partial charge in [-0.15, -0.1) is 0 Å². The monoisotopic (exact) mass is 243 g/mol. The van der Waals surface area contributed by atoms with E-state index in [1.165, 1.54) is 5.56 Å². The number of hydrogen-bond donors (Lipinski definition) is 1. The lowest BCUT2D eigenvalue weighted by molar-refractivity contribution is 0.746. The summed E-state index contributed by atoms with van der Waals surface area (Å²) in [6.45, 7) is 6.07. The Morgan fingerprint density at radius 1 is 1.28 bits per heavy atom. The van der Waals surface area contributed by atoms with E-state index < -0.39 is 0 Å². The molecule has 94 valence electrons. The van der Waals surface area contributed by atoms with Crippen molar-refractivity contribution >= 4 is 0 Å². The Kier molecular flexibility index (Phi) is 2.63. The van der Waals surface area contributed by atoms with E-state index in [0.717, 1.165) is 35.9 Å². The maximum atomic E-state index is 4.72. The van der Waals surface area contributed by atoms with Gasteiger partial charge in [-0.3, -0.25) is 4.68 Å². The highest BCUT2D eigenvalue weighted by molar-refractivity contribution is 5.54. The highest BCUT2D eigenvalue weighted by Crippen LogP contribution is 2.26. The zero-order chi connectivity index (χ0) is 12.7. The van der Waals surface area contributed by atoms with Crippen LogP contribution in [0.15, 0.2) is 12.4 Å². The number of nitrogens with one attached hydrogen (secondary N) is 1. The summed E-state index contributed by atoms with van der Waals surface area (Å²) in [5.41, 5.74) is 4.54. The first-order chi connectivity index (χ1) is 8.65. The molecule has 0 fully saturated rings. The van der Waals surface area contributed by atoms with Crippen LogP contribution >= 0.6 is 0 Å². The summed E-state index contributed by atoms with van der Waals surface area (Å²) in [5.74, 6) is 1.20. The number of rotatable bonds is 2. The van der Waals surface area contributed by atoms with Crippen LogP contribution in [-0.2, 0) is 20.1 Å². The third kappa shape index (κ3) is 1.80. The molecule has 2 aromatic heterocycles. The van der Waals surface area contributed by atoms with Crippen LogP contribution in [0, 0.1) is 0 Å². The van der Waals surface area contributed by atoms with Crippen molar-refractivity contribution in [3.63, 3.8) is 0 Å². The second kappa shape index (κ2) is 4.17. The molecule has 0 bridgehead atoms. The van der Waals surface area contributed by atoms with Gasteiger partial charge in [0, 0.05) is 31.9 Å². The minimum Gasteiger partial charge on any atom is -0.307 e. The molecule has 2 aromatic rings. The molecular weight excluding hydrogens is 226 g/mol. The highest BCUT2D eigenvalue weighted by atomic mass is 15.2. The van der Waals surface area contributed by atoms with Crippen molar-refractivity contribution in [1.82, 2.24) is 25.1 Å². The lowest BCUT2D eigenvalue weighted by Crippen LogP contribution is -2.05. The van der Waals surface area contributed by atoms with E-state index in [1.807, 2.05) is 19.4 Å². The molecule has 5 nitrogen and oxygen atoms in total. The van der Waals surface area contributed by atoms with Crippen LogP contribution in [0.5, 0.6) is 0 Å². The third-order valence-electron chi connectivity index (χ3n) is 3.23. The topological polar surface area (TPSA) is 55.6 Å². The second-order valence-corrected chi connectivity index (χ2v) is 5.02. The van der Waals surface area contributed by atoms with Gasteiger partial charge in [-0.05, 0) is 5.92 Å². The summed E-state index contributed by atoms with van der Waals surface area (Å²) >= 11 is 0. The fourth-order valence-corrected chi connectivity index (χ4v) is 2.34. The Hall–Kier alpha value is -1.75. The van der Waals surface area contributed by atoms with Gasteiger partial charge in [-0.2, -0.15) is 5.10 Å². The molecular formula is C13H17N5. The number of fused-ring (bicyclic) bond motifs is 1. The van der Waals surface area contributed by atoms with E-state index in [1.54, 1.807) is 4.68 Å². The van der Waals surface area contributed by atoms with Gasteiger partial charge in [0.05, 0.1) is 23.1 Å². The quantitative estimate of drug-likeness (QED) is 0.870. The lowest BCUT2D eigenvalue weighted by Gasteiger charge is -2.11. The SMILES string of the molecule is CC(C)c1nc(-c2cnn(C)c2)nc2c1CNC2. The van der Waals surface area contributed by atoms with Gasteiger partial charge in [0.2, 0.25) is 0 Å². The van der Waals surface area contributed by atoms with E-state index in [2.05, 4.69) is 29.2 Å². The van der Waals surface area contributed by atoms with Gasteiger partial charge in [0.1, 0.15) is 0 Å². The van der Waals surface area contributed by atoms with Gasteiger partial charge in [-0.25, -0.2) is 9.97 Å². The zero-order valence-corrected chi connectivity index (χ0v) is 10.9. The first-order valence-corrected chi connectivity index (χ1v) is 6.24. The first-order valence-electron chi connectivity index (χ1n) is 6.24. The standard InChI is InChI=1S/C13H17N5/c1-8(2)12-10-5-14-6-11(10)16-13(17-12)9-4-15-18(3)7-9/h4,7-8,14H,5-6H2,1-3H3. The van der Waals surface area contributed by atoms with Crippen molar-refractivity contribution < 1.29 is 0 Å². The van der Waals surface area contributed by atoms with Crippen molar-refractivity contribution in [1.29, 1.82) is 0 Å². The molecule has 0 saturated heterocycles. The molecule has 1 N–H and O–H groups in total. The molecule has 18 heavy (non-hydrogen) atoms. The predicted octanol–water partition coefficient (Wildman–Crippen LogP) is 1.60. The average molecular weight is 243 g/mol. The molecule has 0 aromatic carbocycles. The average Bonchev–Trinajstić information content (AvgIpc) is 2.95. The molecule has 0 saturated carbocycles. The molecule has 3 rings (SSSR count). The summed E-state index contributed by atoms with van der Waals surface area (Å²) < 4.78 is 1.78. The molecule has 0 unspecified atom stereocenters. The summed E-state index contributed by atoms with van der Waals surface area (Å²) in [5, 5.41) is 7.53. The van der Waals surface area contributed by atoms with Gasteiger partial charge >= 0.3 is 0 Å². The molecule has 0 radical (unpaired) electrons. The Bertz CT molecular complexity index is 585. The molecule has 0 atom stereocenters. The van der Waals surface area contributed by atoms with Gasteiger partial charge in [-0.1, -0.05) is 13.8 Å².